The molecule has 0 saturated heterocycles. The minimum atomic E-state index is -2.01. The normalized spacial score (nSPS) is 13.0. The molecule has 0 aliphatic carbocycles. The van der Waals surface area contributed by atoms with Gasteiger partial charge in [-0.25, -0.2) is 0 Å². The number of hydrogen-bond donors (Lipinski definition) is 0. The van der Waals surface area contributed by atoms with Gasteiger partial charge >= 0.3 is 180 Å². The Kier molecular flexibility index (Phi) is 3.50. The van der Waals surface area contributed by atoms with Gasteiger partial charge in [-0.15, -0.1) is 0 Å². The maximum atomic E-state index is 2.55. The summed E-state index contributed by atoms with van der Waals surface area (Å²) in [5.41, 5.74) is 8.05. The van der Waals surface area contributed by atoms with Crippen LogP contribution in [0.1, 0.15) is 11.1 Å². The van der Waals surface area contributed by atoms with Crippen molar-refractivity contribution in [1.29, 1.82) is 0 Å². The molecule has 3 heterocycles. The zero-order valence-electron chi connectivity index (χ0n) is 18.6. The van der Waals surface area contributed by atoms with Crippen molar-refractivity contribution in [3.05, 3.63) is 65.9 Å². The molecule has 0 N–H and O–H groups in total. The van der Waals surface area contributed by atoms with Crippen LogP contribution in [-0.2, 0) is 7.05 Å². The van der Waals surface area contributed by atoms with Crippen molar-refractivity contribution in [3.8, 4) is 0 Å². The number of benzene rings is 3. The molecule has 2 nitrogen and oxygen atoms in total. The molecule has 0 radical (unpaired) electrons. The summed E-state index contributed by atoms with van der Waals surface area (Å²) >= 11 is -2.01. The molecule has 0 saturated carbocycles. The van der Waals surface area contributed by atoms with Gasteiger partial charge in [-0.1, -0.05) is 0 Å². The zero-order chi connectivity index (χ0) is 20.9. The quantitative estimate of drug-likeness (QED) is 0.126. The molecule has 6 aromatic rings. The summed E-state index contributed by atoms with van der Waals surface area (Å²) in [6.45, 7) is 4.45. The topological polar surface area (TPSA) is 8.29 Å². The van der Waals surface area contributed by atoms with E-state index in [1.807, 2.05) is 0 Å². The van der Waals surface area contributed by atoms with Gasteiger partial charge in [-0.2, -0.15) is 0 Å². The van der Waals surface area contributed by atoms with Crippen molar-refractivity contribution in [2.24, 2.45) is 7.05 Å². The summed E-state index contributed by atoms with van der Waals surface area (Å²) in [6, 6.07) is 18.8. The second-order valence-corrected chi connectivity index (χ2v) is 20.6. The zero-order valence-corrected chi connectivity index (χ0v) is 20.7. The third-order valence-electron chi connectivity index (χ3n) is 6.85. The number of hydrogen-bond acceptors (Lipinski definition) is 0. The van der Waals surface area contributed by atoms with E-state index in [4.69, 9.17) is 0 Å². The predicted molar refractivity (Wildman–Crippen MR) is 132 cm³/mol. The maximum absolute atomic E-state index is 2.55. The number of rotatable bonds is 1. The molecular formula is C27H27GeN2+. The van der Waals surface area contributed by atoms with Crippen LogP contribution < -0.4 is 8.96 Å². The van der Waals surface area contributed by atoms with Crippen molar-refractivity contribution in [3.63, 3.8) is 0 Å². The summed E-state index contributed by atoms with van der Waals surface area (Å²) in [7, 11) is 2.19. The number of aryl methyl sites for hydroxylation is 3. The molecule has 0 amide bonds. The first-order valence-electron chi connectivity index (χ1n) is 10.8. The Morgan fingerprint density at radius 1 is 0.800 bits per heavy atom. The number of fused-ring (bicyclic) bond motifs is 5. The first-order chi connectivity index (χ1) is 14.3. The number of pyridine rings is 2. The average molecular weight is 452 g/mol. The Bertz CT molecular complexity index is 1650. The van der Waals surface area contributed by atoms with Crippen molar-refractivity contribution < 1.29 is 4.57 Å². The molecule has 0 aliphatic rings. The van der Waals surface area contributed by atoms with Crippen LogP contribution in [0.5, 0.6) is 0 Å². The Labute approximate surface area is 179 Å². The first-order valence-corrected chi connectivity index (χ1v) is 18.1. The molecule has 30 heavy (non-hydrogen) atoms. The molecule has 0 fully saturated rings. The van der Waals surface area contributed by atoms with Crippen LogP contribution >= 0.6 is 0 Å². The van der Waals surface area contributed by atoms with Crippen molar-refractivity contribution in [2.75, 3.05) is 0 Å². The second-order valence-electron chi connectivity index (χ2n) is 9.99. The van der Waals surface area contributed by atoms with Gasteiger partial charge in [0.1, 0.15) is 0 Å². The van der Waals surface area contributed by atoms with Crippen LogP contribution in [0.15, 0.2) is 54.7 Å². The van der Waals surface area contributed by atoms with Gasteiger partial charge in [0.15, 0.2) is 0 Å². The summed E-state index contributed by atoms with van der Waals surface area (Å²) in [4.78, 5) is 0. The van der Waals surface area contributed by atoms with Gasteiger partial charge in [0.25, 0.3) is 0 Å². The molecule has 0 spiro atoms. The molecule has 148 valence electrons. The molecule has 0 atom stereocenters. The summed E-state index contributed by atoms with van der Waals surface area (Å²) in [6.07, 6.45) is 2.24. The Morgan fingerprint density at radius 3 is 2.37 bits per heavy atom. The molecular weight excluding hydrogens is 425 g/mol. The number of aromatic nitrogens is 2. The van der Waals surface area contributed by atoms with Crippen LogP contribution in [0.25, 0.3) is 49.0 Å². The van der Waals surface area contributed by atoms with Gasteiger partial charge in [0.05, 0.1) is 0 Å². The van der Waals surface area contributed by atoms with Gasteiger partial charge in [-0.3, -0.25) is 0 Å². The third-order valence-corrected chi connectivity index (χ3v) is 11.1. The molecule has 3 aromatic carbocycles. The summed E-state index contributed by atoms with van der Waals surface area (Å²) < 4.78 is 6.44. The fourth-order valence-corrected chi connectivity index (χ4v) is 7.69. The van der Waals surface area contributed by atoms with Gasteiger partial charge in [-0.05, 0) is 0 Å². The Balaban J connectivity index is 2.06. The van der Waals surface area contributed by atoms with Crippen LogP contribution in [0, 0.1) is 13.8 Å². The number of nitrogens with zero attached hydrogens (tertiary/aromatic N) is 2. The van der Waals surface area contributed by atoms with E-state index in [0.29, 0.717) is 0 Å². The van der Waals surface area contributed by atoms with E-state index in [0.717, 1.165) is 0 Å². The standard InChI is InChI=1S/C27H27GeN2/c1-16-7-10-22-21(13-16)20-9-8-17(2)24-26(20)30(22)23-15-19(28(3,4)5)14-18-11-12-29(6)27(24)25(18)23/h7-15H,1-6H3/q+1. The Hall–Kier alpha value is -2.59. The van der Waals surface area contributed by atoms with Gasteiger partial charge in [0.2, 0.25) is 0 Å². The molecule has 0 unspecified atom stereocenters. The fraction of sp³-hybridized carbons (Fsp3) is 0.222. The molecule has 3 heteroatoms. The van der Waals surface area contributed by atoms with Crippen LogP contribution in [-0.4, -0.2) is 17.7 Å². The summed E-state index contributed by atoms with van der Waals surface area (Å²) in [5, 5.41) is 6.85. The Morgan fingerprint density at radius 2 is 1.60 bits per heavy atom. The fourth-order valence-electron chi connectivity index (χ4n) is 5.26. The minimum absolute atomic E-state index is 1.31. The summed E-state index contributed by atoms with van der Waals surface area (Å²) in [5.74, 6) is 7.47. The molecule has 0 bridgehead atoms. The van der Waals surface area contributed by atoms with E-state index >= 15 is 0 Å². The second kappa shape index (κ2) is 5.76. The average Bonchev–Trinajstić information content (AvgIpc) is 3.01. The van der Waals surface area contributed by atoms with Crippen molar-refractivity contribution >= 4 is 66.7 Å². The molecule has 6 rings (SSSR count). The first kappa shape index (κ1) is 18.2. The van der Waals surface area contributed by atoms with E-state index in [9.17, 15) is 0 Å². The molecule has 0 aliphatic heterocycles. The third kappa shape index (κ3) is 2.23. The van der Waals surface area contributed by atoms with Crippen molar-refractivity contribution in [2.45, 2.75) is 31.1 Å². The van der Waals surface area contributed by atoms with Crippen molar-refractivity contribution in [1.82, 2.24) is 4.40 Å². The van der Waals surface area contributed by atoms with E-state index < -0.39 is 13.3 Å². The van der Waals surface area contributed by atoms with Crippen LogP contribution in [0.2, 0.25) is 17.3 Å². The van der Waals surface area contributed by atoms with Gasteiger partial charge < -0.3 is 0 Å². The van der Waals surface area contributed by atoms with E-state index in [1.54, 1.807) is 4.40 Å². The van der Waals surface area contributed by atoms with E-state index in [2.05, 4.69) is 102 Å². The monoisotopic (exact) mass is 453 g/mol. The van der Waals surface area contributed by atoms with Gasteiger partial charge in [0, 0.05) is 0 Å². The SMILES string of the molecule is Cc1ccc2c(c1)c1ccc(C)c3c1n2c1c[c]([Ge]([CH3])([CH3])[CH3])cc2cc[n+](C)c3c21. The predicted octanol–water partition coefficient (Wildman–Crippen LogP) is 5.98. The van der Waals surface area contributed by atoms with Crippen LogP contribution in [0.4, 0.5) is 0 Å². The molecule has 3 aromatic heterocycles. The van der Waals surface area contributed by atoms with E-state index in [-0.39, 0.29) is 0 Å². The van der Waals surface area contributed by atoms with Crippen LogP contribution in [0.3, 0.4) is 0 Å². The van der Waals surface area contributed by atoms with E-state index in [1.165, 1.54) is 60.1 Å².